The molecule has 3 aromatic carbocycles. The molecular weight excluding hydrogens is 466 g/mol. The topological polar surface area (TPSA) is 57.6 Å². The van der Waals surface area contributed by atoms with Gasteiger partial charge in [-0.25, -0.2) is 0 Å². The molecule has 5 heteroatoms. The number of amides is 1. The van der Waals surface area contributed by atoms with Crippen molar-refractivity contribution in [2.75, 3.05) is 4.90 Å². The van der Waals surface area contributed by atoms with Crippen LogP contribution in [0.1, 0.15) is 50.2 Å². The summed E-state index contributed by atoms with van der Waals surface area (Å²) in [4.78, 5) is 28.4. The molecule has 0 saturated heterocycles. The number of Topliss-reactive ketones (excluding diaryl/α,β-unsaturated/α-hetero) is 1. The summed E-state index contributed by atoms with van der Waals surface area (Å²) in [5.74, 6) is -0.720. The Hall–Kier alpha value is -2.76. The van der Waals surface area contributed by atoms with Crippen LogP contribution in [0.2, 0.25) is 0 Å². The zero-order valence-corrected chi connectivity index (χ0v) is 20.3. The first-order valence-corrected chi connectivity index (χ1v) is 11.4. The Balaban J connectivity index is 1.74. The highest BCUT2D eigenvalue weighted by molar-refractivity contribution is 9.10. The Labute approximate surface area is 197 Å². The zero-order valence-electron chi connectivity index (χ0n) is 18.7. The Morgan fingerprint density at radius 3 is 2.34 bits per heavy atom. The zero-order chi connectivity index (χ0) is 23.2. The Bertz CT molecular complexity index is 1250. The molecule has 0 aromatic heterocycles. The van der Waals surface area contributed by atoms with Crippen molar-refractivity contribution in [3.63, 3.8) is 0 Å². The Morgan fingerprint density at radius 1 is 0.938 bits per heavy atom. The quantitative estimate of drug-likeness (QED) is 0.466. The van der Waals surface area contributed by atoms with Gasteiger partial charge in [-0.05, 0) is 62.6 Å². The van der Waals surface area contributed by atoms with E-state index in [4.69, 9.17) is 0 Å². The van der Waals surface area contributed by atoms with E-state index in [-0.39, 0.29) is 12.2 Å². The standard InChI is InChI=1S/C27H26BrNO3/c1-16-6-9-22(19(4)11-16)25(30)14-27(32)23-13-21(28)8-10-24(23)29(26(27)31)15-20-12-17(2)5-7-18(20)3/h5-13,32H,14-15H2,1-4H3. The summed E-state index contributed by atoms with van der Waals surface area (Å²) in [7, 11) is 0. The fourth-order valence-electron chi connectivity index (χ4n) is 4.45. The second-order valence-electron chi connectivity index (χ2n) is 8.76. The highest BCUT2D eigenvalue weighted by atomic mass is 79.9. The molecule has 0 radical (unpaired) electrons. The number of ketones is 1. The van der Waals surface area contributed by atoms with Crippen molar-refractivity contribution in [1.82, 2.24) is 0 Å². The summed E-state index contributed by atoms with van der Waals surface area (Å²) in [6, 6.07) is 17.1. The van der Waals surface area contributed by atoms with Gasteiger partial charge in [0.25, 0.3) is 5.91 Å². The minimum atomic E-state index is -1.91. The van der Waals surface area contributed by atoms with E-state index in [1.807, 2.05) is 64.1 Å². The maximum atomic E-state index is 13.6. The van der Waals surface area contributed by atoms with Crippen LogP contribution in [0.5, 0.6) is 0 Å². The lowest BCUT2D eigenvalue weighted by Gasteiger charge is -2.24. The lowest BCUT2D eigenvalue weighted by Crippen LogP contribution is -2.41. The lowest BCUT2D eigenvalue weighted by atomic mass is 9.87. The predicted octanol–water partition coefficient (Wildman–Crippen LogP) is 5.69. The third kappa shape index (κ3) is 3.91. The van der Waals surface area contributed by atoms with Gasteiger partial charge in [0.1, 0.15) is 0 Å². The molecule has 32 heavy (non-hydrogen) atoms. The normalized spacial score (nSPS) is 17.6. The number of rotatable bonds is 5. The number of aryl methyl sites for hydroxylation is 4. The molecule has 1 amide bonds. The molecule has 164 valence electrons. The second kappa shape index (κ2) is 8.30. The van der Waals surface area contributed by atoms with E-state index in [9.17, 15) is 14.7 Å². The number of nitrogens with zero attached hydrogens (tertiary/aromatic N) is 1. The highest BCUT2D eigenvalue weighted by Crippen LogP contribution is 2.45. The van der Waals surface area contributed by atoms with Crippen molar-refractivity contribution in [1.29, 1.82) is 0 Å². The summed E-state index contributed by atoms with van der Waals surface area (Å²) in [6.07, 6.45) is -0.303. The SMILES string of the molecule is Cc1ccc(C(=O)CC2(O)C(=O)N(Cc3cc(C)ccc3C)c3ccc(Br)cc32)c(C)c1. The summed E-state index contributed by atoms with van der Waals surface area (Å²) < 4.78 is 0.745. The van der Waals surface area contributed by atoms with E-state index in [1.54, 1.807) is 17.0 Å². The molecule has 1 unspecified atom stereocenters. The highest BCUT2D eigenvalue weighted by Gasteiger charge is 2.51. The molecule has 0 saturated carbocycles. The third-order valence-corrected chi connectivity index (χ3v) is 6.72. The Morgan fingerprint density at radius 2 is 1.62 bits per heavy atom. The molecule has 0 bridgehead atoms. The first-order chi connectivity index (χ1) is 15.1. The van der Waals surface area contributed by atoms with E-state index < -0.39 is 11.5 Å². The van der Waals surface area contributed by atoms with E-state index in [1.165, 1.54) is 0 Å². The van der Waals surface area contributed by atoms with Gasteiger partial charge in [-0.3, -0.25) is 9.59 Å². The largest absolute Gasteiger partial charge is 0.375 e. The number of anilines is 1. The van der Waals surface area contributed by atoms with Crippen LogP contribution in [0.3, 0.4) is 0 Å². The van der Waals surface area contributed by atoms with Gasteiger partial charge in [0, 0.05) is 15.6 Å². The average molecular weight is 492 g/mol. The molecule has 3 aromatic rings. The predicted molar refractivity (Wildman–Crippen MR) is 130 cm³/mol. The van der Waals surface area contributed by atoms with Crippen molar-refractivity contribution < 1.29 is 14.7 Å². The van der Waals surface area contributed by atoms with Crippen LogP contribution in [0.4, 0.5) is 5.69 Å². The van der Waals surface area contributed by atoms with Crippen LogP contribution >= 0.6 is 15.9 Å². The van der Waals surface area contributed by atoms with Crippen molar-refractivity contribution in [3.05, 3.63) is 98.0 Å². The van der Waals surface area contributed by atoms with Gasteiger partial charge in [-0.1, -0.05) is 63.5 Å². The monoisotopic (exact) mass is 491 g/mol. The second-order valence-corrected chi connectivity index (χ2v) is 9.68. The van der Waals surface area contributed by atoms with Crippen LogP contribution in [0.25, 0.3) is 0 Å². The third-order valence-electron chi connectivity index (χ3n) is 6.23. The number of halogens is 1. The number of carbonyl (C=O) groups is 2. The van der Waals surface area contributed by atoms with Crippen LogP contribution in [-0.2, 0) is 16.9 Å². The molecule has 1 atom stereocenters. The van der Waals surface area contributed by atoms with Gasteiger partial charge in [-0.2, -0.15) is 0 Å². The van der Waals surface area contributed by atoms with Gasteiger partial charge in [-0.15, -0.1) is 0 Å². The number of hydrogen-bond acceptors (Lipinski definition) is 3. The van der Waals surface area contributed by atoms with Gasteiger partial charge in [0.05, 0.1) is 18.7 Å². The summed E-state index contributed by atoms with van der Waals surface area (Å²) >= 11 is 3.45. The van der Waals surface area contributed by atoms with Crippen molar-refractivity contribution in [3.8, 4) is 0 Å². The Kier molecular flexibility index (Phi) is 5.82. The van der Waals surface area contributed by atoms with Crippen LogP contribution in [-0.4, -0.2) is 16.8 Å². The number of hydrogen-bond donors (Lipinski definition) is 1. The number of aliphatic hydroxyl groups is 1. The molecular formula is C27H26BrNO3. The molecule has 1 heterocycles. The van der Waals surface area contributed by atoms with E-state index in [0.29, 0.717) is 23.4 Å². The fraction of sp³-hybridized carbons (Fsp3) is 0.259. The van der Waals surface area contributed by atoms with Gasteiger partial charge >= 0.3 is 0 Å². The lowest BCUT2D eigenvalue weighted by molar-refractivity contribution is -0.136. The minimum Gasteiger partial charge on any atom is -0.375 e. The smallest absolute Gasteiger partial charge is 0.264 e. The molecule has 4 nitrogen and oxygen atoms in total. The maximum absolute atomic E-state index is 13.6. The molecule has 0 aliphatic carbocycles. The average Bonchev–Trinajstić information content (AvgIpc) is 2.92. The summed E-state index contributed by atoms with van der Waals surface area (Å²) in [5.41, 5.74) is 4.80. The molecule has 4 rings (SSSR count). The molecule has 0 fully saturated rings. The number of benzene rings is 3. The van der Waals surface area contributed by atoms with Crippen LogP contribution < -0.4 is 4.90 Å². The molecule has 1 aliphatic rings. The molecule has 1 N–H and O–H groups in total. The maximum Gasteiger partial charge on any atom is 0.264 e. The van der Waals surface area contributed by atoms with Gasteiger partial charge in [0.2, 0.25) is 0 Å². The molecule has 1 aliphatic heterocycles. The summed E-state index contributed by atoms with van der Waals surface area (Å²) in [5, 5.41) is 11.7. The minimum absolute atomic E-state index is 0.252. The first-order valence-electron chi connectivity index (χ1n) is 10.6. The van der Waals surface area contributed by atoms with Gasteiger partial charge < -0.3 is 10.0 Å². The van der Waals surface area contributed by atoms with Gasteiger partial charge in [0.15, 0.2) is 11.4 Å². The van der Waals surface area contributed by atoms with Crippen molar-refractivity contribution in [2.45, 2.75) is 46.3 Å². The summed E-state index contributed by atoms with van der Waals surface area (Å²) in [6.45, 7) is 8.19. The number of carbonyl (C=O) groups excluding carboxylic acids is 2. The fourth-order valence-corrected chi connectivity index (χ4v) is 4.81. The van der Waals surface area contributed by atoms with E-state index in [2.05, 4.69) is 22.0 Å². The van der Waals surface area contributed by atoms with Crippen LogP contribution in [0.15, 0.2) is 59.1 Å². The molecule has 0 spiro atoms. The van der Waals surface area contributed by atoms with E-state index >= 15 is 0 Å². The first kappa shape index (κ1) is 22.4. The van der Waals surface area contributed by atoms with E-state index in [0.717, 1.165) is 32.3 Å². The van der Waals surface area contributed by atoms with Crippen LogP contribution in [0, 0.1) is 27.7 Å². The van der Waals surface area contributed by atoms with Crippen molar-refractivity contribution >= 4 is 33.3 Å². The van der Waals surface area contributed by atoms with Crippen molar-refractivity contribution in [2.24, 2.45) is 0 Å². The number of fused-ring (bicyclic) bond motifs is 1.